The molecule has 0 saturated heterocycles. The van der Waals surface area contributed by atoms with E-state index in [1.807, 2.05) is 30.3 Å². The monoisotopic (exact) mass is 182 g/mol. The Kier molecular flexibility index (Phi) is 3.35. The summed E-state index contributed by atoms with van der Waals surface area (Å²) in [6.07, 6.45) is 2.90. The van der Waals surface area contributed by atoms with Crippen LogP contribution in [0.25, 0.3) is 6.08 Å². The highest BCUT2D eigenvalue weighted by Gasteiger charge is 1.91. The first-order chi connectivity index (χ1) is 5.83. The Labute approximate surface area is 75.6 Å². The minimum absolute atomic E-state index is 0.569. The summed E-state index contributed by atoms with van der Waals surface area (Å²) >= 11 is 4.82. The van der Waals surface area contributed by atoms with Crippen LogP contribution >= 0.6 is 11.9 Å². The Balaban J connectivity index is 2.64. The van der Waals surface area contributed by atoms with Crippen molar-refractivity contribution in [1.29, 1.82) is 0 Å². The van der Waals surface area contributed by atoms with Crippen LogP contribution in [0.15, 0.2) is 36.4 Å². The molecule has 0 saturated carbocycles. The number of carbonyl (C=O) groups excluding carboxylic acids is 1. The van der Waals surface area contributed by atoms with Crippen molar-refractivity contribution in [2.45, 2.75) is 0 Å². The zero-order chi connectivity index (χ0) is 8.81. The van der Waals surface area contributed by atoms with Gasteiger partial charge in [-0.05, 0) is 11.6 Å². The van der Waals surface area contributed by atoms with E-state index < -0.39 is 5.97 Å². The first-order valence-electron chi connectivity index (χ1n) is 3.38. The van der Waals surface area contributed by atoms with Crippen molar-refractivity contribution in [3.05, 3.63) is 42.0 Å². The second-order valence-corrected chi connectivity index (χ2v) is 2.29. The minimum Gasteiger partial charge on any atom is -0.344 e. The summed E-state index contributed by atoms with van der Waals surface area (Å²) in [5.41, 5.74) is 0.930. The molecule has 0 aromatic heterocycles. The van der Waals surface area contributed by atoms with Gasteiger partial charge in [0.25, 0.3) is 0 Å². The molecule has 0 spiro atoms. The predicted molar refractivity (Wildman–Crippen MR) is 47.4 cm³/mol. The van der Waals surface area contributed by atoms with E-state index >= 15 is 0 Å². The van der Waals surface area contributed by atoms with Crippen LogP contribution in [0.4, 0.5) is 0 Å². The third-order valence-corrected chi connectivity index (χ3v) is 1.44. The van der Waals surface area contributed by atoms with E-state index in [1.165, 1.54) is 6.08 Å². The zero-order valence-corrected chi connectivity index (χ0v) is 6.99. The summed E-state index contributed by atoms with van der Waals surface area (Å²) in [4.78, 5) is 10.5. The molecule has 1 rings (SSSR count). The van der Waals surface area contributed by atoms with Crippen LogP contribution in [0.2, 0.25) is 0 Å². The van der Waals surface area contributed by atoms with Crippen LogP contribution < -0.4 is 0 Å². The van der Waals surface area contributed by atoms with Gasteiger partial charge in [-0.2, -0.15) is 0 Å². The first kappa shape index (κ1) is 8.81. The quantitative estimate of drug-likeness (QED) is 0.657. The van der Waals surface area contributed by atoms with Gasteiger partial charge in [-0.1, -0.05) is 30.3 Å². The van der Waals surface area contributed by atoms with Crippen molar-refractivity contribution in [2.24, 2.45) is 0 Å². The van der Waals surface area contributed by atoms with Crippen molar-refractivity contribution in [3.8, 4) is 0 Å². The van der Waals surface area contributed by atoms with Crippen molar-refractivity contribution in [2.75, 3.05) is 0 Å². The van der Waals surface area contributed by atoms with Gasteiger partial charge in [0, 0.05) is 6.08 Å². The van der Waals surface area contributed by atoms with Crippen LogP contribution in [0.5, 0.6) is 0 Å². The van der Waals surface area contributed by atoms with Crippen LogP contribution in [0.1, 0.15) is 5.56 Å². The second kappa shape index (κ2) is 4.57. The molecule has 0 aliphatic heterocycles. The molecule has 62 valence electrons. The number of benzene rings is 1. The van der Waals surface area contributed by atoms with Crippen LogP contribution in [0.3, 0.4) is 0 Å². The van der Waals surface area contributed by atoms with Gasteiger partial charge in [-0.3, -0.25) is 0 Å². The predicted octanol–water partition coefficient (Wildman–Crippen LogP) is 2.40. The number of hydrogen-bond donors (Lipinski definition) is 0. The highest BCUT2D eigenvalue weighted by Crippen LogP contribution is 2.01. The van der Waals surface area contributed by atoms with Crippen LogP contribution in [-0.2, 0) is 9.08 Å². The van der Waals surface area contributed by atoms with E-state index in [0.717, 1.165) is 5.56 Å². The molecule has 2 nitrogen and oxygen atoms in total. The van der Waals surface area contributed by atoms with Crippen molar-refractivity contribution in [1.82, 2.24) is 0 Å². The van der Waals surface area contributed by atoms with E-state index in [-0.39, 0.29) is 0 Å². The molecule has 0 bridgehead atoms. The molecule has 0 amide bonds. The third kappa shape index (κ3) is 2.76. The lowest BCUT2D eigenvalue weighted by molar-refractivity contribution is -0.128. The molecule has 0 heterocycles. The smallest absolute Gasteiger partial charge is 0.344 e. The summed E-state index contributed by atoms with van der Waals surface area (Å²) in [6, 6.07) is 9.41. The second-order valence-electron chi connectivity index (χ2n) is 2.14. The van der Waals surface area contributed by atoms with Gasteiger partial charge in [-0.25, -0.2) is 4.79 Å². The topological polar surface area (TPSA) is 26.3 Å². The Morgan fingerprint density at radius 2 is 2.00 bits per heavy atom. The maximum absolute atomic E-state index is 10.5. The first-order valence-corrected chi connectivity index (χ1v) is 3.69. The maximum atomic E-state index is 10.5. The molecule has 1 aromatic rings. The van der Waals surface area contributed by atoms with E-state index in [2.05, 4.69) is 4.29 Å². The molecule has 3 heteroatoms. The Morgan fingerprint density at radius 3 is 2.58 bits per heavy atom. The fraction of sp³-hybridized carbons (Fsp3) is 0. The van der Waals surface area contributed by atoms with E-state index in [4.69, 9.17) is 11.9 Å². The van der Waals surface area contributed by atoms with Gasteiger partial charge in [-0.15, -0.1) is 0 Å². The summed E-state index contributed by atoms with van der Waals surface area (Å²) < 4.78 is 3.92. The SMILES string of the molecule is O=C(/C=C/c1ccccc1)OCl. The van der Waals surface area contributed by atoms with Crippen molar-refractivity contribution < 1.29 is 9.08 Å². The lowest BCUT2D eigenvalue weighted by Crippen LogP contribution is -1.88. The molecule has 0 N–H and O–H groups in total. The number of carbonyl (C=O) groups is 1. The van der Waals surface area contributed by atoms with Gasteiger partial charge in [0.05, 0.1) is 0 Å². The third-order valence-electron chi connectivity index (χ3n) is 1.29. The standard InChI is InChI=1S/C9H7ClO2/c10-12-9(11)7-6-8-4-2-1-3-5-8/h1-7H/b7-6+. The van der Waals surface area contributed by atoms with E-state index in [1.54, 1.807) is 6.08 Å². The summed E-state index contributed by atoms with van der Waals surface area (Å²) in [5.74, 6) is -0.569. The number of hydrogen-bond acceptors (Lipinski definition) is 2. The normalized spacial score (nSPS) is 10.1. The van der Waals surface area contributed by atoms with Gasteiger partial charge in [0.15, 0.2) is 0 Å². The van der Waals surface area contributed by atoms with Gasteiger partial charge >= 0.3 is 5.97 Å². The fourth-order valence-corrected chi connectivity index (χ4v) is 0.806. The fourth-order valence-electron chi connectivity index (χ4n) is 0.754. The molecular formula is C9H7ClO2. The Hall–Kier alpha value is -1.28. The number of halogens is 1. The lowest BCUT2D eigenvalue weighted by atomic mass is 10.2. The average molecular weight is 183 g/mol. The van der Waals surface area contributed by atoms with Crippen LogP contribution in [-0.4, -0.2) is 5.97 Å². The largest absolute Gasteiger partial charge is 0.349 e. The maximum Gasteiger partial charge on any atom is 0.349 e. The highest BCUT2D eigenvalue weighted by molar-refractivity contribution is 6.15. The molecule has 0 fully saturated rings. The average Bonchev–Trinajstić information content (AvgIpc) is 2.16. The molecule has 0 radical (unpaired) electrons. The molecule has 0 atom stereocenters. The van der Waals surface area contributed by atoms with Gasteiger partial charge in [0.2, 0.25) is 0 Å². The Morgan fingerprint density at radius 1 is 1.33 bits per heavy atom. The molecule has 0 unspecified atom stereocenters. The van der Waals surface area contributed by atoms with Gasteiger partial charge in [0.1, 0.15) is 11.9 Å². The van der Waals surface area contributed by atoms with Crippen molar-refractivity contribution >= 4 is 23.9 Å². The highest BCUT2D eigenvalue weighted by atomic mass is 35.5. The summed E-state index contributed by atoms with van der Waals surface area (Å²) in [7, 11) is 0. The summed E-state index contributed by atoms with van der Waals surface area (Å²) in [5, 5.41) is 0. The van der Waals surface area contributed by atoms with Crippen molar-refractivity contribution in [3.63, 3.8) is 0 Å². The van der Waals surface area contributed by atoms with E-state index in [9.17, 15) is 4.79 Å². The molecular weight excluding hydrogens is 176 g/mol. The molecule has 12 heavy (non-hydrogen) atoms. The van der Waals surface area contributed by atoms with E-state index in [0.29, 0.717) is 0 Å². The summed E-state index contributed by atoms with van der Waals surface area (Å²) in [6.45, 7) is 0. The molecule has 0 aliphatic rings. The zero-order valence-electron chi connectivity index (χ0n) is 6.24. The van der Waals surface area contributed by atoms with Crippen LogP contribution in [0, 0.1) is 0 Å². The molecule has 1 aromatic carbocycles. The number of rotatable bonds is 2. The molecule has 0 aliphatic carbocycles. The van der Waals surface area contributed by atoms with Gasteiger partial charge < -0.3 is 4.29 Å². The minimum atomic E-state index is -0.569. The lowest BCUT2D eigenvalue weighted by Gasteiger charge is -1.89. The Bertz CT molecular complexity index is 280.